The maximum Gasteiger partial charge on any atom is 0.0604 e. The van der Waals surface area contributed by atoms with Crippen molar-refractivity contribution in [2.24, 2.45) is 17.8 Å². The molecule has 0 aromatic rings. The van der Waals surface area contributed by atoms with Crippen LogP contribution in [0.1, 0.15) is 41.0 Å². The molecule has 0 aromatic heterocycles. The zero-order valence-electron chi connectivity index (χ0n) is 9.00. The normalized spacial score (nSPS) is 49.2. The molecule has 2 unspecified atom stereocenters. The molecule has 1 saturated heterocycles. The molecule has 0 spiro atoms. The highest BCUT2D eigenvalue weighted by Gasteiger charge is 2.35. The van der Waals surface area contributed by atoms with E-state index in [1.807, 2.05) is 0 Å². The van der Waals surface area contributed by atoms with Crippen molar-refractivity contribution in [2.45, 2.75) is 53.2 Å². The average Bonchev–Trinajstić information content (AvgIpc) is 2.08. The van der Waals surface area contributed by atoms with Crippen molar-refractivity contribution in [2.75, 3.05) is 0 Å². The standard InChI is InChI=1S/C11H22O/c1-6-11-9(4)7(2)8(3)10(5)12-11/h7-11H,6H2,1-5H3/t7-,8?,9-,10+,11?/m0/s1. The van der Waals surface area contributed by atoms with Crippen LogP contribution < -0.4 is 0 Å². The van der Waals surface area contributed by atoms with Crippen molar-refractivity contribution in [1.29, 1.82) is 0 Å². The fraction of sp³-hybridized carbons (Fsp3) is 1.00. The van der Waals surface area contributed by atoms with Crippen LogP contribution in [-0.4, -0.2) is 12.2 Å². The molecule has 0 aromatic carbocycles. The fourth-order valence-electron chi connectivity index (χ4n) is 2.24. The summed E-state index contributed by atoms with van der Waals surface area (Å²) in [5, 5.41) is 0. The van der Waals surface area contributed by atoms with E-state index in [2.05, 4.69) is 34.6 Å². The summed E-state index contributed by atoms with van der Waals surface area (Å²) >= 11 is 0. The molecule has 72 valence electrons. The monoisotopic (exact) mass is 170 g/mol. The molecule has 0 bridgehead atoms. The van der Waals surface area contributed by atoms with Crippen molar-refractivity contribution in [1.82, 2.24) is 0 Å². The third kappa shape index (κ3) is 1.66. The highest BCUT2D eigenvalue weighted by atomic mass is 16.5. The van der Waals surface area contributed by atoms with E-state index in [4.69, 9.17) is 4.74 Å². The third-order valence-electron chi connectivity index (χ3n) is 3.78. The molecule has 1 nitrogen and oxygen atoms in total. The minimum Gasteiger partial charge on any atom is -0.375 e. The van der Waals surface area contributed by atoms with Crippen LogP contribution in [-0.2, 0) is 4.74 Å². The molecule has 1 aliphatic heterocycles. The molecule has 1 fully saturated rings. The summed E-state index contributed by atoms with van der Waals surface area (Å²) in [6.45, 7) is 11.4. The predicted molar refractivity (Wildman–Crippen MR) is 52.1 cm³/mol. The molecular formula is C11H22O. The maximum absolute atomic E-state index is 5.93. The minimum atomic E-state index is 0.446. The number of hydrogen-bond acceptors (Lipinski definition) is 1. The van der Waals surface area contributed by atoms with E-state index < -0.39 is 0 Å². The van der Waals surface area contributed by atoms with Crippen LogP contribution in [0.5, 0.6) is 0 Å². The van der Waals surface area contributed by atoms with Gasteiger partial charge < -0.3 is 4.74 Å². The summed E-state index contributed by atoms with van der Waals surface area (Å²) in [5.74, 6) is 2.24. The summed E-state index contributed by atoms with van der Waals surface area (Å²) in [6.07, 6.45) is 2.09. The molecule has 0 radical (unpaired) electrons. The van der Waals surface area contributed by atoms with Crippen molar-refractivity contribution in [3.05, 3.63) is 0 Å². The smallest absolute Gasteiger partial charge is 0.0604 e. The number of hydrogen-bond donors (Lipinski definition) is 0. The number of ether oxygens (including phenoxy) is 1. The Morgan fingerprint density at radius 3 is 2.00 bits per heavy atom. The van der Waals surface area contributed by atoms with Crippen LogP contribution in [0.2, 0.25) is 0 Å². The molecule has 1 rings (SSSR count). The molecule has 1 heterocycles. The van der Waals surface area contributed by atoms with Crippen molar-refractivity contribution >= 4 is 0 Å². The zero-order valence-corrected chi connectivity index (χ0v) is 9.00. The van der Waals surface area contributed by atoms with Crippen molar-refractivity contribution < 1.29 is 4.74 Å². The first-order valence-electron chi connectivity index (χ1n) is 5.23. The largest absolute Gasteiger partial charge is 0.375 e. The predicted octanol–water partition coefficient (Wildman–Crippen LogP) is 3.09. The van der Waals surface area contributed by atoms with E-state index in [1.54, 1.807) is 0 Å². The van der Waals surface area contributed by atoms with Crippen LogP contribution in [0.15, 0.2) is 0 Å². The summed E-state index contributed by atoms with van der Waals surface area (Å²) in [5.41, 5.74) is 0. The van der Waals surface area contributed by atoms with Gasteiger partial charge in [0, 0.05) is 0 Å². The van der Waals surface area contributed by atoms with E-state index >= 15 is 0 Å². The van der Waals surface area contributed by atoms with Crippen LogP contribution in [0.4, 0.5) is 0 Å². The van der Waals surface area contributed by atoms with Crippen LogP contribution in [0.3, 0.4) is 0 Å². The van der Waals surface area contributed by atoms with E-state index in [-0.39, 0.29) is 0 Å². The molecule has 0 amide bonds. The lowest BCUT2D eigenvalue weighted by Gasteiger charge is -2.42. The molecule has 1 heteroatoms. The first-order valence-corrected chi connectivity index (χ1v) is 5.23. The third-order valence-corrected chi connectivity index (χ3v) is 3.78. The Kier molecular flexibility index (Phi) is 3.16. The second-order valence-corrected chi connectivity index (χ2v) is 4.37. The van der Waals surface area contributed by atoms with Crippen LogP contribution >= 0.6 is 0 Å². The van der Waals surface area contributed by atoms with Gasteiger partial charge in [-0.1, -0.05) is 27.7 Å². The van der Waals surface area contributed by atoms with Gasteiger partial charge in [0.2, 0.25) is 0 Å². The Morgan fingerprint density at radius 1 is 0.917 bits per heavy atom. The van der Waals surface area contributed by atoms with Gasteiger partial charge in [0.05, 0.1) is 12.2 Å². The van der Waals surface area contributed by atoms with Crippen LogP contribution in [0, 0.1) is 17.8 Å². The van der Waals surface area contributed by atoms with Gasteiger partial charge in [-0.05, 0) is 31.1 Å². The maximum atomic E-state index is 5.93. The van der Waals surface area contributed by atoms with Gasteiger partial charge in [-0.3, -0.25) is 0 Å². The van der Waals surface area contributed by atoms with Gasteiger partial charge in [-0.25, -0.2) is 0 Å². The molecule has 0 saturated carbocycles. The second-order valence-electron chi connectivity index (χ2n) is 4.37. The number of rotatable bonds is 1. The minimum absolute atomic E-state index is 0.446. The summed E-state index contributed by atoms with van der Waals surface area (Å²) in [7, 11) is 0. The molecule has 5 atom stereocenters. The molecule has 0 aliphatic carbocycles. The van der Waals surface area contributed by atoms with Gasteiger partial charge in [0.25, 0.3) is 0 Å². The van der Waals surface area contributed by atoms with Gasteiger partial charge in [-0.15, -0.1) is 0 Å². The lowest BCUT2D eigenvalue weighted by Crippen LogP contribution is -2.42. The van der Waals surface area contributed by atoms with E-state index in [0.29, 0.717) is 18.1 Å². The molecular weight excluding hydrogens is 148 g/mol. The van der Waals surface area contributed by atoms with Crippen molar-refractivity contribution in [3.63, 3.8) is 0 Å². The first-order chi connectivity index (χ1) is 5.57. The van der Waals surface area contributed by atoms with Gasteiger partial charge >= 0.3 is 0 Å². The average molecular weight is 170 g/mol. The summed E-state index contributed by atoms with van der Waals surface area (Å²) in [4.78, 5) is 0. The Morgan fingerprint density at radius 2 is 1.50 bits per heavy atom. The Labute approximate surface area is 76.5 Å². The molecule has 0 N–H and O–H groups in total. The van der Waals surface area contributed by atoms with E-state index in [1.165, 1.54) is 0 Å². The summed E-state index contributed by atoms with van der Waals surface area (Å²) < 4.78 is 5.93. The quantitative estimate of drug-likeness (QED) is 0.587. The van der Waals surface area contributed by atoms with Gasteiger partial charge in [-0.2, -0.15) is 0 Å². The van der Waals surface area contributed by atoms with Crippen molar-refractivity contribution in [3.8, 4) is 0 Å². The Hall–Kier alpha value is -0.0400. The highest BCUT2D eigenvalue weighted by Crippen LogP contribution is 2.35. The Balaban J connectivity index is 2.63. The topological polar surface area (TPSA) is 9.23 Å². The Bertz CT molecular complexity index is 139. The van der Waals surface area contributed by atoms with Gasteiger partial charge in [0.1, 0.15) is 0 Å². The SMILES string of the molecule is CCC1O[C@H](C)C(C)[C@H](C)[C@@H]1C. The molecule has 1 aliphatic rings. The van der Waals surface area contributed by atoms with Gasteiger partial charge in [0.15, 0.2) is 0 Å². The lowest BCUT2D eigenvalue weighted by molar-refractivity contribution is -0.125. The van der Waals surface area contributed by atoms with E-state index in [0.717, 1.165) is 18.3 Å². The van der Waals surface area contributed by atoms with Crippen LogP contribution in [0.25, 0.3) is 0 Å². The zero-order chi connectivity index (χ0) is 9.30. The summed E-state index contributed by atoms with van der Waals surface area (Å²) in [6, 6.07) is 0. The second kappa shape index (κ2) is 3.78. The highest BCUT2D eigenvalue weighted by molar-refractivity contribution is 4.83. The first kappa shape index (κ1) is 10.0. The lowest BCUT2D eigenvalue weighted by atomic mass is 9.76. The fourth-order valence-corrected chi connectivity index (χ4v) is 2.24. The van der Waals surface area contributed by atoms with E-state index in [9.17, 15) is 0 Å². The molecule has 12 heavy (non-hydrogen) atoms.